The smallest absolute Gasteiger partial charge is 0.235 e. The van der Waals surface area contributed by atoms with Crippen LogP contribution in [0.2, 0.25) is 5.02 Å². The molecule has 0 saturated carbocycles. The number of halogens is 1. The summed E-state index contributed by atoms with van der Waals surface area (Å²) < 4.78 is 7.54. The van der Waals surface area contributed by atoms with E-state index in [-0.39, 0.29) is 0 Å². The Hall–Kier alpha value is -2.77. The van der Waals surface area contributed by atoms with Gasteiger partial charge in [-0.2, -0.15) is 9.61 Å². The maximum absolute atomic E-state index is 6.14. The zero-order chi connectivity index (χ0) is 17.7. The molecule has 2 aliphatic heterocycles. The van der Waals surface area contributed by atoms with E-state index in [2.05, 4.69) is 20.3 Å². The fourth-order valence-corrected chi connectivity index (χ4v) is 3.71. The highest BCUT2D eigenvalue weighted by Crippen LogP contribution is 2.30. The third kappa shape index (κ3) is 2.48. The van der Waals surface area contributed by atoms with E-state index >= 15 is 0 Å². The average Bonchev–Trinajstić information content (AvgIpc) is 3.23. The summed E-state index contributed by atoms with van der Waals surface area (Å²) in [5.74, 6) is 1.41. The normalized spacial score (nSPS) is 11.6. The van der Waals surface area contributed by atoms with Gasteiger partial charge in [-0.25, -0.2) is 4.98 Å². The lowest BCUT2D eigenvalue weighted by Crippen LogP contribution is -2.01. The van der Waals surface area contributed by atoms with Crippen LogP contribution in [0.4, 0.5) is 0 Å². The average molecular weight is 382 g/mol. The van der Waals surface area contributed by atoms with E-state index in [1.807, 2.05) is 43.3 Å². The van der Waals surface area contributed by atoms with Gasteiger partial charge in [-0.05, 0) is 30.7 Å². The molecule has 6 nitrogen and oxygen atoms in total. The minimum atomic E-state index is 0.329. The van der Waals surface area contributed by atoms with Gasteiger partial charge in [-0.15, -0.1) is 10.2 Å². The fourth-order valence-electron chi connectivity index (χ4n) is 2.79. The van der Waals surface area contributed by atoms with Gasteiger partial charge in [0.1, 0.15) is 18.1 Å². The number of aryl methyl sites for hydroxylation is 1. The highest BCUT2D eigenvalue weighted by molar-refractivity contribution is 7.16. The maximum atomic E-state index is 6.14. The third-order valence-corrected chi connectivity index (χ3v) is 5.42. The summed E-state index contributed by atoms with van der Waals surface area (Å²) in [6.07, 6.45) is 0. The first kappa shape index (κ1) is 15.5. The zero-order valence-electron chi connectivity index (χ0n) is 13.7. The van der Waals surface area contributed by atoms with E-state index in [0.29, 0.717) is 28.2 Å². The number of ether oxygens (including phenoxy) is 1. The van der Waals surface area contributed by atoms with Gasteiger partial charge in [-0.1, -0.05) is 47.2 Å². The van der Waals surface area contributed by atoms with E-state index in [9.17, 15) is 0 Å². The molecule has 0 spiro atoms. The molecule has 8 heteroatoms. The molecule has 2 aliphatic rings. The summed E-state index contributed by atoms with van der Waals surface area (Å²) in [5.41, 5.74) is 2.65. The van der Waals surface area contributed by atoms with Gasteiger partial charge in [0.05, 0.1) is 5.52 Å². The van der Waals surface area contributed by atoms with Crippen LogP contribution >= 0.6 is 22.9 Å². The molecular formula is C18H12ClN5OS. The molecule has 3 aromatic rings. The molecule has 5 rings (SSSR count). The van der Waals surface area contributed by atoms with Crippen LogP contribution in [0.25, 0.3) is 27.4 Å². The second kappa shape index (κ2) is 5.89. The lowest BCUT2D eigenvalue weighted by atomic mass is 10.2. The Morgan fingerprint density at radius 1 is 1.15 bits per heavy atom. The molecule has 2 aromatic carbocycles. The van der Waals surface area contributed by atoms with Crippen LogP contribution < -0.4 is 4.74 Å². The summed E-state index contributed by atoms with van der Waals surface area (Å²) in [6, 6.07) is 13.5. The van der Waals surface area contributed by atoms with Crippen molar-refractivity contribution in [2.75, 3.05) is 0 Å². The van der Waals surface area contributed by atoms with Crippen LogP contribution in [-0.2, 0) is 6.61 Å². The van der Waals surface area contributed by atoms with Gasteiger partial charge in [-0.3, -0.25) is 0 Å². The quantitative estimate of drug-likeness (QED) is 0.464. The molecule has 128 valence electrons. The first-order chi connectivity index (χ1) is 12.7. The predicted molar refractivity (Wildman–Crippen MR) is 101 cm³/mol. The first-order valence-electron chi connectivity index (χ1n) is 7.97. The van der Waals surface area contributed by atoms with Crippen molar-refractivity contribution < 1.29 is 4.74 Å². The Kier molecular flexibility index (Phi) is 3.51. The Morgan fingerprint density at radius 2 is 2.04 bits per heavy atom. The maximum Gasteiger partial charge on any atom is 0.235 e. The van der Waals surface area contributed by atoms with Gasteiger partial charge in [0.2, 0.25) is 4.96 Å². The molecule has 0 unspecified atom stereocenters. The second-order valence-electron chi connectivity index (χ2n) is 5.89. The van der Waals surface area contributed by atoms with Crippen LogP contribution in [0.3, 0.4) is 0 Å². The minimum absolute atomic E-state index is 0.329. The van der Waals surface area contributed by atoms with Crippen LogP contribution in [0.1, 0.15) is 10.6 Å². The summed E-state index contributed by atoms with van der Waals surface area (Å²) in [6.45, 7) is 2.28. The number of aromatic nitrogens is 5. The molecule has 0 aliphatic carbocycles. The Morgan fingerprint density at radius 3 is 2.92 bits per heavy atom. The molecule has 26 heavy (non-hydrogen) atoms. The van der Waals surface area contributed by atoms with E-state index in [4.69, 9.17) is 16.3 Å². The van der Waals surface area contributed by atoms with Crippen molar-refractivity contribution in [1.82, 2.24) is 24.8 Å². The van der Waals surface area contributed by atoms with Gasteiger partial charge in [0, 0.05) is 10.4 Å². The second-order valence-corrected chi connectivity index (χ2v) is 7.34. The number of fused-ring (bicyclic) bond motifs is 5. The van der Waals surface area contributed by atoms with Crippen molar-refractivity contribution in [1.29, 1.82) is 0 Å². The molecule has 0 saturated heterocycles. The molecule has 0 atom stereocenters. The van der Waals surface area contributed by atoms with Crippen LogP contribution in [0, 0.1) is 6.92 Å². The van der Waals surface area contributed by atoms with E-state index in [0.717, 1.165) is 27.2 Å². The van der Waals surface area contributed by atoms with Crippen molar-refractivity contribution in [2.45, 2.75) is 13.5 Å². The lowest BCUT2D eigenvalue weighted by molar-refractivity contribution is 0.304. The van der Waals surface area contributed by atoms with Gasteiger partial charge in [0.15, 0.2) is 10.8 Å². The molecular weight excluding hydrogens is 370 g/mol. The topological polar surface area (TPSA) is 65.2 Å². The van der Waals surface area contributed by atoms with Crippen molar-refractivity contribution >= 4 is 38.8 Å². The highest BCUT2D eigenvalue weighted by Gasteiger charge is 2.19. The summed E-state index contributed by atoms with van der Waals surface area (Å²) in [4.78, 5) is 5.32. The van der Waals surface area contributed by atoms with Crippen LogP contribution in [-0.4, -0.2) is 24.8 Å². The minimum Gasteiger partial charge on any atom is -0.486 e. The van der Waals surface area contributed by atoms with Crippen molar-refractivity contribution in [3.8, 4) is 17.3 Å². The Labute approximate surface area is 157 Å². The number of hydrogen-bond donors (Lipinski definition) is 0. The van der Waals surface area contributed by atoms with Gasteiger partial charge < -0.3 is 4.74 Å². The van der Waals surface area contributed by atoms with Crippen molar-refractivity contribution in [3.05, 3.63) is 58.1 Å². The zero-order valence-corrected chi connectivity index (χ0v) is 15.3. The molecule has 0 fully saturated rings. The Balaban J connectivity index is 1.50. The lowest BCUT2D eigenvalue weighted by Gasteiger charge is -2.05. The largest absolute Gasteiger partial charge is 0.486 e. The van der Waals surface area contributed by atoms with Gasteiger partial charge >= 0.3 is 0 Å². The molecule has 0 N–H and O–H groups in total. The number of nitrogens with zero attached hydrogens (tertiary/aromatic N) is 5. The first-order valence-corrected chi connectivity index (χ1v) is 9.17. The number of hydrogen-bond acceptors (Lipinski definition) is 6. The molecule has 0 bridgehead atoms. The molecule has 0 radical (unpaired) electrons. The number of para-hydroxylation sites is 1. The summed E-state index contributed by atoms with van der Waals surface area (Å²) >= 11 is 7.57. The van der Waals surface area contributed by atoms with Crippen LogP contribution in [0.5, 0.6) is 5.75 Å². The predicted octanol–water partition coefficient (Wildman–Crippen LogP) is 4.38. The summed E-state index contributed by atoms with van der Waals surface area (Å²) in [5, 5.41) is 15.7. The highest BCUT2D eigenvalue weighted by atomic mass is 35.5. The van der Waals surface area contributed by atoms with E-state index in [1.165, 1.54) is 11.3 Å². The van der Waals surface area contributed by atoms with Crippen molar-refractivity contribution in [3.63, 3.8) is 0 Å². The third-order valence-electron chi connectivity index (χ3n) is 4.14. The Bertz CT molecular complexity index is 1230. The number of rotatable bonds is 3. The molecule has 1 aromatic heterocycles. The van der Waals surface area contributed by atoms with E-state index in [1.54, 1.807) is 10.6 Å². The standard InChI is InChI=1S/C18H12ClN5OS/c1-10-6-7-11(8-13(10)19)25-9-15-23-24-17-16(21-22-18(24)26-15)12-4-2-3-5-14(12)20-17/h2-8H,9H2,1H3. The van der Waals surface area contributed by atoms with Crippen molar-refractivity contribution in [2.24, 2.45) is 0 Å². The monoisotopic (exact) mass is 381 g/mol. The summed E-state index contributed by atoms with van der Waals surface area (Å²) in [7, 11) is 0. The SMILES string of the molecule is Cc1ccc(OCc2nn3c4nc5ccccc5c-4nnc3s2)cc1Cl. The van der Waals surface area contributed by atoms with Gasteiger partial charge in [0.25, 0.3) is 0 Å². The number of benzene rings is 2. The van der Waals surface area contributed by atoms with Crippen LogP contribution in [0.15, 0.2) is 42.5 Å². The fraction of sp³-hybridized carbons (Fsp3) is 0.111. The molecule has 3 heterocycles. The van der Waals surface area contributed by atoms with E-state index < -0.39 is 0 Å². The molecule has 0 amide bonds.